The fourth-order valence-corrected chi connectivity index (χ4v) is 6.01. The van der Waals surface area contributed by atoms with Crippen molar-refractivity contribution in [2.75, 3.05) is 14.2 Å². The zero-order valence-corrected chi connectivity index (χ0v) is 17.5. The first kappa shape index (κ1) is 19.5. The lowest BCUT2D eigenvalue weighted by Gasteiger charge is -2.51. The number of benzene rings is 2. The van der Waals surface area contributed by atoms with E-state index in [4.69, 9.17) is 18.9 Å². The van der Waals surface area contributed by atoms with Gasteiger partial charge in [0.15, 0.2) is 6.29 Å². The van der Waals surface area contributed by atoms with E-state index in [-0.39, 0.29) is 41.1 Å². The second-order valence-electron chi connectivity index (χ2n) is 8.84. The second-order valence-corrected chi connectivity index (χ2v) is 8.84. The number of hydrogen-bond acceptors (Lipinski definition) is 6. The highest BCUT2D eigenvalue weighted by atomic mass is 16.7. The van der Waals surface area contributed by atoms with Crippen molar-refractivity contribution in [2.24, 2.45) is 17.8 Å². The Hall–Kier alpha value is -2.51. The van der Waals surface area contributed by atoms with Crippen LogP contribution in [0.1, 0.15) is 48.7 Å². The maximum atomic E-state index is 11.6. The topological polar surface area (TPSA) is 94.5 Å². The summed E-state index contributed by atoms with van der Waals surface area (Å²) in [6, 6.07) is 4.84. The van der Waals surface area contributed by atoms with Crippen molar-refractivity contribution in [1.29, 1.82) is 0 Å². The SMILES string of the molecule is COc1cc(C(=O)O)c(O)c2ccc3c(c12)[C@@H]1O[C@@H](OC)[C@H](C)[C@@H]2CC[C@](C)(O3)[C@@H]21. The van der Waals surface area contributed by atoms with E-state index in [0.29, 0.717) is 28.2 Å². The first-order chi connectivity index (χ1) is 14.3. The van der Waals surface area contributed by atoms with Crippen molar-refractivity contribution in [3.63, 3.8) is 0 Å². The maximum Gasteiger partial charge on any atom is 0.339 e. The van der Waals surface area contributed by atoms with E-state index in [2.05, 4.69) is 13.8 Å². The van der Waals surface area contributed by atoms with E-state index in [9.17, 15) is 15.0 Å². The second kappa shape index (κ2) is 6.49. The van der Waals surface area contributed by atoms with Gasteiger partial charge in [-0.3, -0.25) is 0 Å². The first-order valence-corrected chi connectivity index (χ1v) is 10.3. The molecule has 2 N–H and O–H groups in total. The smallest absolute Gasteiger partial charge is 0.339 e. The third-order valence-electron chi connectivity index (χ3n) is 7.40. The lowest BCUT2D eigenvalue weighted by atomic mass is 9.70. The molecule has 3 aliphatic rings. The quantitative estimate of drug-likeness (QED) is 0.780. The average Bonchev–Trinajstić information content (AvgIpc) is 3.07. The van der Waals surface area contributed by atoms with Gasteiger partial charge >= 0.3 is 5.97 Å². The summed E-state index contributed by atoms with van der Waals surface area (Å²) < 4.78 is 24.3. The highest BCUT2D eigenvalue weighted by Gasteiger charge is 2.60. The van der Waals surface area contributed by atoms with E-state index in [0.717, 1.165) is 18.4 Å². The zero-order valence-electron chi connectivity index (χ0n) is 17.5. The summed E-state index contributed by atoms with van der Waals surface area (Å²) in [5.74, 6) is 0.277. The Morgan fingerprint density at radius 3 is 2.73 bits per heavy atom. The predicted octanol–water partition coefficient (Wildman–Crippen LogP) is 4.11. The van der Waals surface area contributed by atoms with Crippen LogP contribution in [-0.2, 0) is 9.47 Å². The molecule has 160 valence electrons. The summed E-state index contributed by atoms with van der Waals surface area (Å²) in [7, 11) is 3.15. The molecule has 0 bridgehead atoms. The number of aromatic carboxylic acids is 1. The van der Waals surface area contributed by atoms with Crippen LogP contribution in [0.25, 0.3) is 10.8 Å². The Morgan fingerprint density at radius 2 is 2.07 bits per heavy atom. The van der Waals surface area contributed by atoms with Gasteiger partial charge in [0.25, 0.3) is 0 Å². The van der Waals surface area contributed by atoms with Gasteiger partial charge in [-0.05, 0) is 43.9 Å². The van der Waals surface area contributed by atoms with E-state index in [1.165, 1.54) is 13.2 Å². The number of aromatic hydroxyl groups is 1. The molecule has 2 aromatic rings. The number of carboxylic acids is 1. The Balaban J connectivity index is 1.80. The summed E-state index contributed by atoms with van der Waals surface area (Å²) in [5, 5.41) is 21.2. The number of phenols is 1. The van der Waals surface area contributed by atoms with E-state index in [1.807, 2.05) is 0 Å². The van der Waals surface area contributed by atoms with E-state index < -0.39 is 5.97 Å². The van der Waals surface area contributed by atoms with E-state index >= 15 is 0 Å². The molecule has 2 aliphatic heterocycles. The van der Waals surface area contributed by atoms with Gasteiger partial charge in [-0.2, -0.15) is 0 Å². The number of carboxylic acid groups (broad SMARTS) is 1. The summed E-state index contributed by atoms with van der Waals surface area (Å²) in [6.07, 6.45) is 1.30. The van der Waals surface area contributed by atoms with Crippen molar-refractivity contribution in [3.05, 3.63) is 29.3 Å². The van der Waals surface area contributed by atoms with Crippen molar-refractivity contribution >= 4 is 16.7 Å². The highest BCUT2D eigenvalue weighted by Crippen LogP contribution is 2.62. The molecule has 1 aliphatic carbocycles. The normalized spacial score (nSPS) is 34.2. The molecule has 5 rings (SSSR count). The molecular formula is C23H26O7. The molecule has 2 heterocycles. The molecular weight excluding hydrogens is 388 g/mol. The lowest BCUT2D eigenvalue weighted by Crippen LogP contribution is -2.52. The lowest BCUT2D eigenvalue weighted by molar-refractivity contribution is -0.260. The van der Waals surface area contributed by atoms with Crippen molar-refractivity contribution in [3.8, 4) is 17.2 Å². The first-order valence-electron chi connectivity index (χ1n) is 10.3. The van der Waals surface area contributed by atoms with Crippen LogP contribution in [0.2, 0.25) is 0 Å². The van der Waals surface area contributed by atoms with E-state index in [1.54, 1.807) is 19.2 Å². The summed E-state index contributed by atoms with van der Waals surface area (Å²) in [5.41, 5.74) is 0.242. The van der Waals surface area contributed by atoms with Gasteiger partial charge in [-0.25, -0.2) is 4.79 Å². The minimum atomic E-state index is -1.22. The Bertz CT molecular complexity index is 1050. The number of fused-ring (bicyclic) bond motifs is 4. The third kappa shape index (κ3) is 2.42. The number of ether oxygens (including phenoxy) is 4. The van der Waals surface area contributed by atoms with Gasteiger partial charge in [0.1, 0.15) is 28.4 Å². The maximum absolute atomic E-state index is 11.6. The van der Waals surface area contributed by atoms with Crippen LogP contribution in [0.4, 0.5) is 0 Å². The van der Waals surface area contributed by atoms with Gasteiger partial charge in [0.2, 0.25) is 0 Å². The number of methoxy groups -OCH3 is 2. The van der Waals surface area contributed by atoms with Crippen LogP contribution in [0, 0.1) is 17.8 Å². The molecule has 0 unspecified atom stereocenters. The number of rotatable bonds is 3. The molecule has 0 aromatic heterocycles. The summed E-state index contributed by atoms with van der Waals surface area (Å²) in [4.78, 5) is 11.6. The molecule has 1 saturated carbocycles. The Morgan fingerprint density at radius 1 is 1.30 bits per heavy atom. The molecule has 0 amide bonds. The number of carbonyl (C=O) groups is 1. The molecule has 7 nitrogen and oxygen atoms in total. The summed E-state index contributed by atoms with van der Waals surface area (Å²) in [6.45, 7) is 4.30. The molecule has 7 heteroatoms. The average molecular weight is 414 g/mol. The molecule has 0 spiro atoms. The van der Waals surface area contributed by atoms with Crippen LogP contribution in [0.5, 0.6) is 17.2 Å². The molecule has 30 heavy (non-hydrogen) atoms. The molecule has 0 radical (unpaired) electrons. The molecule has 6 atom stereocenters. The van der Waals surface area contributed by atoms with Crippen LogP contribution in [0.3, 0.4) is 0 Å². The standard InChI is InChI=1S/C23H26O7/c1-10-11-7-8-23(2)18(11)20(29-22(10)28-4)17-14(30-23)6-5-12-16(17)15(27-3)9-13(19(12)24)21(25)26/h5-6,9-11,18,20,22,24H,7-8H2,1-4H3,(H,25,26)/t10-,11+,18+,20+,22-,23+/m1/s1. The van der Waals surface area contributed by atoms with Gasteiger partial charge < -0.3 is 29.2 Å². The van der Waals surface area contributed by atoms with Gasteiger partial charge in [0.05, 0.1) is 13.2 Å². The van der Waals surface area contributed by atoms with Crippen molar-refractivity contribution in [1.82, 2.24) is 0 Å². The predicted molar refractivity (Wildman–Crippen MR) is 108 cm³/mol. The molecule has 1 saturated heterocycles. The van der Waals surface area contributed by atoms with Crippen LogP contribution in [0.15, 0.2) is 18.2 Å². The van der Waals surface area contributed by atoms with Crippen LogP contribution in [-0.4, -0.2) is 42.3 Å². The van der Waals surface area contributed by atoms with Gasteiger partial charge in [0, 0.05) is 35.3 Å². The van der Waals surface area contributed by atoms with Crippen molar-refractivity contribution < 1.29 is 34.0 Å². The monoisotopic (exact) mass is 414 g/mol. The zero-order chi connectivity index (χ0) is 21.4. The Labute approximate surface area is 174 Å². The van der Waals surface area contributed by atoms with Gasteiger partial charge in [-0.1, -0.05) is 6.92 Å². The largest absolute Gasteiger partial charge is 0.506 e. The summed E-state index contributed by atoms with van der Waals surface area (Å²) >= 11 is 0. The fraction of sp³-hybridized carbons (Fsp3) is 0.522. The Kier molecular flexibility index (Phi) is 4.21. The molecule has 2 aromatic carbocycles. The van der Waals surface area contributed by atoms with Crippen LogP contribution < -0.4 is 9.47 Å². The number of hydrogen-bond donors (Lipinski definition) is 2. The third-order valence-corrected chi connectivity index (χ3v) is 7.40. The van der Waals surface area contributed by atoms with Gasteiger partial charge in [-0.15, -0.1) is 0 Å². The van der Waals surface area contributed by atoms with Crippen molar-refractivity contribution in [2.45, 2.75) is 44.7 Å². The van der Waals surface area contributed by atoms with Crippen LogP contribution >= 0.6 is 0 Å². The molecule has 2 fully saturated rings. The minimum Gasteiger partial charge on any atom is -0.506 e. The fourth-order valence-electron chi connectivity index (χ4n) is 6.01. The minimum absolute atomic E-state index is 0.128. The highest BCUT2D eigenvalue weighted by molar-refractivity contribution is 6.05.